The van der Waals surface area contributed by atoms with Crippen LogP contribution in [0.15, 0.2) is 18.2 Å². The van der Waals surface area contributed by atoms with Crippen LogP contribution in [0.5, 0.6) is 0 Å². The smallest absolute Gasteiger partial charge is 0.185 e. The fourth-order valence-electron chi connectivity index (χ4n) is 1.19. The van der Waals surface area contributed by atoms with E-state index in [0.29, 0.717) is 11.7 Å². The maximum Gasteiger partial charge on any atom is 0.185 e. The van der Waals surface area contributed by atoms with Crippen molar-refractivity contribution in [3.8, 4) is 0 Å². The summed E-state index contributed by atoms with van der Waals surface area (Å²) in [5.41, 5.74) is 5.35. The lowest BCUT2D eigenvalue weighted by atomic mass is 10.3. The first kappa shape index (κ1) is 14.6. The van der Waals surface area contributed by atoms with E-state index in [4.69, 9.17) is 12.2 Å². The van der Waals surface area contributed by atoms with Crippen molar-refractivity contribution in [1.82, 2.24) is 10.7 Å². The zero-order valence-corrected chi connectivity index (χ0v) is 11.1. The van der Waals surface area contributed by atoms with Gasteiger partial charge in [-0.25, -0.2) is 8.78 Å². The zero-order chi connectivity index (χ0) is 13.5. The van der Waals surface area contributed by atoms with Crippen molar-refractivity contribution in [3.63, 3.8) is 0 Å². The summed E-state index contributed by atoms with van der Waals surface area (Å²) in [5.74, 6) is -1.30. The summed E-state index contributed by atoms with van der Waals surface area (Å²) in [5, 5.41) is 3.32. The highest BCUT2D eigenvalue weighted by Crippen LogP contribution is 2.13. The molecule has 0 aliphatic heterocycles. The summed E-state index contributed by atoms with van der Waals surface area (Å²) in [6.07, 6.45) is 0. The van der Waals surface area contributed by atoms with Crippen molar-refractivity contribution >= 4 is 23.0 Å². The lowest BCUT2D eigenvalue weighted by Gasteiger charge is -2.13. The van der Waals surface area contributed by atoms with E-state index in [1.807, 2.05) is 14.1 Å². The molecule has 0 radical (unpaired) electrons. The summed E-state index contributed by atoms with van der Waals surface area (Å²) in [4.78, 5) is 1.29. The van der Waals surface area contributed by atoms with Gasteiger partial charge in [0.2, 0.25) is 0 Å². The van der Waals surface area contributed by atoms with E-state index in [-0.39, 0.29) is 5.69 Å². The van der Waals surface area contributed by atoms with Gasteiger partial charge in [-0.1, -0.05) is 0 Å². The van der Waals surface area contributed by atoms with Crippen molar-refractivity contribution in [2.24, 2.45) is 0 Å². The van der Waals surface area contributed by atoms with E-state index in [9.17, 15) is 8.78 Å². The molecule has 0 saturated carbocycles. The number of hydrogen-bond acceptors (Lipinski definition) is 2. The quantitative estimate of drug-likeness (QED) is 0.447. The summed E-state index contributed by atoms with van der Waals surface area (Å²) in [6.45, 7) is 1.62. The minimum Gasteiger partial charge on any atom is -0.356 e. The average Bonchev–Trinajstić information content (AvgIpc) is 2.27. The zero-order valence-electron chi connectivity index (χ0n) is 10.3. The molecule has 0 aliphatic rings. The summed E-state index contributed by atoms with van der Waals surface area (Å²) >= 11 is 4.98. The van der Waals surface area contributed by atoms with Crippen LogP contribution in [0.3, 0.4) is 0 Å². The second-order valence-electron chi connectivity index (χ2n) is 4.09. The third-order valence-electron chi connectivity index (χ3n) is 2.15. The second-order valence-corrected chi connectivity index (χ2v) is 4.50. The van der Waals surface area contributed by atoms with E-state index in [1.54, 1.807) is 0 Å². The number of hydrazine groups is 1. The Balaban J connectivity index is 2.33. The summed E-state index contributed by atoms with van der Waals surface area (Å²) in [6, 6.07) is 3.26. The van der Waals surface area contributed by atoms with Crippen molar-refractivity contribution in [3.05, 3.63) is 29.8 Å². The topological polar surface area (TPSA) is 40.5 Å². The van der Waals surface area contributed by atoms with Crippen LogP contribution in [-0.4, -0.2) is 32.3 Å². The number of hydrogen-bond donors (Lipinski definition) is 4. The molecule has 0 fully saturated rings. The molecular weight excluding hydrogens is 258 g/mol. The molecule has 0 aromatic heterocycles. The first-order valence-electron chi connectivity index (χ1n) is 5.53. The highest BCUT2D eigenvalue weighted by atomic mass is 32.1. The maximum atomic E-state index is 13.2. The van der Waals surface area contributed by atoms with Crippen LogP contribution in [0.2, 0.25) is 0 Å². The predicted molar refractivity (Wildman–Crippen MR) is 71.4 cm³/mol. The number of quaternary nitrogens is 1. The maximum absolute atomic E-state index is 13.2. The number of nitrogens with one attached hydrogen (secondary N) is 4. The largest absolute Gasteiger partial charge is 0.356 e. The van der Waals surface area contributed by atoms with Crippen molar-refractivity contribution in [2.45, 2.75) is 0 Å². The van der Waals surface area contributed by atoms with E-state index < -0.39 is 11.6 Å². The van der Waals surface area contributed by atoms with Gasteiger partial charge < -0.3 is 10.2 Å². The molecule has 0 amide bonds. The molecule has 0 aliphatic carbocycles. The van der Waals surface area contributed by atoms with Crippen LogP contribution in [0.4, 0.5) is 14.5 Å². The summed E-state index contributed by atoms with van der Waals surface area (Å²) in [7, 11) is 4.06. The Hall–Kier alpha value is -1.47. The molecule has 0 atom stereocenters. The Morgan fingerprint density at radius 3 is 2.67 bits per heavy atom. The Morgan fingerprint density at radius 1 is 1.33 bits per heavy atom. The molecular formula is C11H17F2N4S+. The molecule has 18 heavy (non-hydrogen) atoms. The Labute approximate surface area is 110 Å². The highest BCUT2D eigenvalue weighted by Gasteiger charge is 2.03. The van der Waals surface area contributed by atoms with Crippen molar-refractivity contribution < 1.29 is 13.7 Å². The molecule has 100 valence electrons. The molecule has 1 rings (SSSR count). The molecule has 4 nitrogen and oxygen atoms in total. The van der Waals surface area contributed by atoms with Crippen LogP contribution < -0.4 is 21.1 Å². The fourth-order valence-corrected chi connectivity index (χ4v) is 1.34. The molecule has 0 bridgehead atoms. The van der Waals surface area contributed by atoms with E-state index in [2.05, 4.69) is 16.2 Å². The molecule has 0 saturated heterocycles. The van der Waals surface area contributed by atoms with Gasteiger partial charge in [-0.15, -0.1) is 0 Å². The number of benzene rings is 1. The monoisotopic (exact) mass is 275 g/mol. The SMILES string of the molecule is C[NH+](C)CCNC(=S)NNc1ccc(F)cc1F. The highest BCUT2D eigenvalue weighted by molar-refractivity contribution is 7.80. The molecule has 4 N–H and O–H groups in total. The van der Waals surface area contributed by atoms with Gasteiger partial charge in [0, 0.05) is 6.07 Å². The number of rotatable bonds is 5. The van der Waals surface area contributed by atoms with E-state index >= 15 is 0 Å². The average molecular weight is 275 g/mol. The number of anilines is 1. The Bertz CT molecular complexity index is 412. The molecule has 0 unspecified atom stereocenters. The van der Waals surface area contributed by atoms with Gasteiger partial charge in [0.25, 0.3) is 0 Å². The Morgan fingerprint density at radius 2 is 2.06 bits per heavy atom. The van der Waals surface area contributed by atoms with Gasteiger partial charge in [-0.3, -0.25) is 10.9 Å². The number of likely N-dealkylation sites (N-methyl/N-ethyl adjacent to an activating group) is 1. The van der Waals surface area contributed by atoms with Gasteiger partial charge >= 0.3 is 0 Å². The molecule has 1 aromatic carbocycles. The normalized spacial score (nSPS) is 10.3. The second kappa shape index (κ2) is 7.07. The lowest BCUT2D eigenvalue weighted by molar-refractivity contribution is -0.856. The van der Waals surface area contributed by atoms with Gasteiger partial charge in [0.05, 0.1) is 32.9 Å². The Kier molecular flexibility index (Phi) is 5.73. The van der Waals surface area contributed by atoms with Crippen molar-refractivity contribution in [1.29, 1.82) is 0 Å². The molecule has 0 heterocycles. The minimum absolute atomic E-state index is 0.138. The molecule has 0 spiro atoms. The van der Waals surface area contributed by atoms with Crippen molar-refractivity contribution in [2.75, 3.05) is 32.6 Å². The fraction of sp³-hybridized carbons (Fsp3) is 0.364. The summed E-state index contributed by atoms with van der Waals surface area (Å²) < 4.78 is 25.9. The van der Waals surface area contributed by atoms with Crippen LogP contribution in [0, 0.1) is 11.6 Å². The third kappa shape index (κ3) is 5.24. The number of halogens is 2. The van der Waals surface area contributed by atoms with Crippen LogP contribution >= 0.6 is 12.2 Å². The van der Waals surface area contributed by atoms with Gasteiger partial charge in [0.1, 0.15) is 5.82 Å². The molecule has 7 heteroatoms. The van der Waals surface area contributed by atoms with Gasteiger partial charge in [0.15, 0.2) is 10.9 Å². The van der Waals surface area contributed by atoms with Crippen LogP contribution in [-0.2, 0) is 0 Å². The number of thiocarbonyl (C=S) groups is 1. The standard InChI is InChI=1S/C11H16F2N4S/c1-17(2)6-5-14-11(18)16-15-10-4-3-8(12)7-9(10)13/h3-4,7,15H,5-6H2,1-2H3,(H2,14,16,18)/p+1. The minimum atomic E-state index is -0.678. The van der Waals surface area contributed by atoms with E-state index in [1.165, 1.54) is 17.0 Å². The predicted octanol–water partition coefficient (Wildman–Crippen LogP) is -0.0997. The third-order valence-corrected chi connectivity index (χ3v) is 2.40. The molecule has 1 aromatic rings. The lowest BCUT2D eigenvalue weighted by Crippen LogP contribution is -3.06. The first-order chi connectivity index (χ1) is 8.49. The van der Waals surface area contributed by atoms with Gasteiger partial charge in [-0.05, 0) is 24.4 Å². The van der Waals surface area contributed by atoms with Crippen LogP contribution in [0.1, 0.15) is 0 Å². The van der Waals surface area contributed by atoms with Crippen LogP contribution in [0.25, 0.3) is 0 Å². The van der Waals surface area contributed by atoms with E-state index in [0.717, 1.165) is 12.6 Å². The first-order valence-corrected chi connectivity index (χ1v) is 5.94. The van der Waals surface area contributed by atoms with Gasteiger partial charge in [-0.2, -0.15) is 0 Å².